The van der Waals surface area contributed by atoms with E-state index in [4.69, 9.17) is 0 Å². The number of likely N-dealkylation sites (N-methyl/N-ethyl adjacent to an activating group) is 1. The van der Waals surface area contributed by atoms with E-state index in [-0.39, 0.29) is 12.4 Å². The molecule has 1 fully saturated rings. The van der Waals surface area contributed by atoms with Crippen LogP contribution in [-0.4, -0.2) is 44.8 Å². The van der Waals surface area contributed by atoms with Gasteiger partial charge in [0.25, 0.3) is 0 Å². The van der Waals surface area contributed by atoms with Crippen LogP contribution >= 0.6 is 0 Å². The predicted octanol–water partition coefficient (Wildman–Crippen LogP) is -3.33. The normalized spacial score (nSPS) is 24.7. The SMILES string of the molecule is C[N+]1(C)CCNCC1.[Cl-]. The quantitative estimate of drug-likeness (QED) is 0.357. The summed E-state index contributed by atoms with van der Waals surface area (Å²) in [7, 11) is 4.56. The molecule has 0 amide bonds. The minimum atomic E-state index is 0. The summed E-state index contributed by atoms with van der Waals surface area (Å²) in [6.45, 7) is 4.93. The van der Waals surface area contributed by atoms with E-state index in [9.17, 15) is 0 Å². The average Bonchev–Trinajstić information content (AvgIpc) is 1.65. The van der Waals surface area contributed by atoms with Crippen molar-refractivity contribution in [1.82, 2.24) is 5.32 Å². The van der Waals surface area contributed by atoms with Gasteiger partial charge in [-0.1, -0.05) is 0 Å². The molecule has 56 valence electrons. The number of piperazine rings is 1. The second-order valence-corrected chi connectivity index (χ2v) is 3.13. The van der Waals surface area contributed by atoms with E-state index >= 15 is 0 Å². The van der Waals surface area contributed by atoms with Crippen LogP contribution in [0.2, 0.25) is 0 Å². The maximum absolute atomic E-state index is 3.32. The van der Waals surface area contributed by atoms with Crippen molar-refractivity contribution in [2.24, 2.45) is 0 Å². The van der Waals surface area contributed by atoms with Gasteiger partial charge in [0.15, 0.2) is 0 Å². The van der Waals surface area contributed by atoms with Crippen molar-refractivity contribution >= 4 is 0 Å². The molecule has 1 N–H and O–H groups in total. The lowest BCUT2D eigenvalue weighted by atomic mass is 10.3. The molecular formula is C6H15ClN2. The third-order valence-corrected chi connectivity index (χ3v) is 1.79. The summed E-state index contributed by atoms with van der Waals surface area (Å²) in [6, 6.07) is 0. The van der Waals surface area contributed by atoms with Gasteiger partial charge in [-0.05, 0) is 0 Å². The standard InChI is InChI=1S/C6H15N2.ClH/c1-8(2)5-3-7-4-6-8;/h7H,3-6H2,1-2H3;1H/q+1;/p-1. The van der Waals surface area contributed by atoms with Crippen molar-refractivity contribution < 1.29 is 16.9 Å². The lowest BCUT2D eigenvalue weighted by Crippen LogP contribution is -3.00. The van der Waals surface area contributed by atoms with E-state index in [0.717, 1.165) is 0 Å². The molecule has 0 aromatic carbocycles. The Morgan fingerprint density at radius 3 is 1.78 bits per heavy atom. The summed E-state index contributed by atoms with van der Waals surface area (Å²) >= 11 is 0. The van der Waals surface area contributed by atoms with Crippen molar-refractivity contribution in [3.05, 3.63) is 0 Å². The highest BCUT2D eigenvalue weighted by molar-refractivity contribution is 4.51. The van der Waals surface area contributed by atoms with Crippen molar-refractivity contribution in [2.45, 2.75) is 0 Å². The zero-order valence-electron chi connectivity index (χ0n) is 6.15. The number of hydrogen-bond donors (Lipinski definition) is 1. The molecule has 9 heavy (non-hydrogen) atoms. The lowest BCUT2D eigenvalue weighted by molar-refractivity contribution is -0.891. The van der Waals surface area contributed by atoms with Gasteiger partial charge in [0.05, 0.1) is 27.2 Å². The minimum absolute atomic E-state index is 0. The van der Waals surface area contributed by atoms with Gasteiger partial charge in [0.2, 0.25) is 0 Å². The Labute approximate surface area is 63.2 Å². The van der Waals surface area contributed by atoms with Crippen LogP contribution in [0.1, 0.15) is 0 Å². The maximum atomic E-state index is 3.32. The van der Waals surface area contributed by atoms with E-state index < -0.39 is 0 Å². The first-order valence-electron chi connectivity index (χ1n) is 3.23. The van der Waals surface area contributed by atoms with E-state index in [1.54, 1.807) is 0 Å². The van der Waals surface area contributed by atoms with Gasteiger partial charge < -0.3 is 22.2 Å². The maximum Gasteiger partial charge on any atom is 0.0909 e. The first-order chi connectivity index (χ1) is 3.71. The third-order valence-electron chi connectivity index (χ3n) is 1.79. The van der Waals surface area contributed by atoms with Crippen molar-refractivity contribution in [3.63, 3.8) is 0 Å². The fourth-order valence-electron chi connectivity index (χ4n) is 1.00. The predicted molar refractivity (Wildman–Crippen MR) is 34.7 cm³/mol. The largest absolute Gasteiger partial charge is 1.00 e. The molecule has 0 aliphatic carbocycles. The van der Waals surface area contributed by atoms with Crippen molar-refractivity contribution in [1.29, 1.82) is 0 Å². The zero-order chi connectivity index (χ0) is 6.04. The number of halogens is 1. The molecule has 3 heteroatoms. The second kappa shape index (κ2) is 3.40. The van der Waals surface area contributed by atoms with Gasteiger partial charge in [-0.15, -0.1) is 0 Å². The van der Waals surface area contributed by atoms with Crippen molar-refractivity contribution in [2.75, 3.05) is 40.3 Å². The van der Waals surface area contributed by atoms with Gasteiger partial charge >= 0.3 is 0 Å². The van der Waals surface area contributed by atoms with Gasteiger partial charge in [0.1, 0.15) is 0 Å². The molecule has 2 nitrogen and oxygen atoms in total. The van der Waals surface area contributed by atoms with E-state index in [1.807, 2.05) is 0 Å². The highest BCUT2D eigenvalue weighted by atomic mass is 35.5. The Hall–Kier alpha value is 0.210. The summed E-state index contributed by atoms with van der Waals surface area (Å²) in [5.41, 5.74) is 0. The lowest BCUT2D eigenvalue weighted by Gasteiger charge is -2.33. The number of nitrogens with one attached hydrogen (secondary N) is 1. The van der Waals surface area contributed by atoms with Crippen LogP contribution in [0.4, 0.5) is 0 Å². The molecule has 0 radical (unpaired) electrons. The van der Waals surface area contributed by atoms with E-state index in [2.05, 4.69) is 19.4 Å². The molecule has 1 saturated heterocycles. The molecule has 0 bridgehead atoms. The summed E-state index contributed by atoms with van der Waals surface area (Å²) in [5, 5.41) is 3.32. The molecule has 1 rings (SSSR count). The fourth-order valence-corrected chi connectivity index (χ4v) is 1.00. The molecule has 1 heterocycles. The average molecular weight is 151 g/mol. The summed E-state index contributed by atoms with van der Waals surface area (Å²) < 4.78 is 1.19. The Balaban J connectivity index is 0.000000640. The number of hydrogen-bond acceptors (Lipinski definition) is 1. The molecule has 0 spiro atoms. The van der Waals surface area contributed by atoms with Crippen LogP contribution in [0, 0.1) is 0 Å². The van der Waals surface area contributed by atoms with Crippen LogP contribution < -0.4 is 17.7 Å². The van der Waals surface area contributed by atoms with E-state index in [1.165, 1.54) is 30.7 Å². The van der Waals surface area contributed by atoms with Gasteiger partial charge in [-0.3, -0.25) is 0 Å². The Morgan fingerprint density at radius 2 is 1.56 bits per heavy atom. The topological polar surface area (TPSA) is 12.0 Å². The van der Waals surface area contributed by atoms with Gasteiger partial charge in [-0.2, -0.15) is 0 Å². The molecule has 0 atom stereocenters. The molecular weight excluding hydrogens is 136 g/mol. The molecule has 1 aliphatic heterocycles. The second-order valence-electron chi connectivity index (χ2n) is 3.13. The highest BCUT2D eigenvalue weighted by Crippen LogP contribution is 1.96. The number of rotatable bonds is 0. The van der Waals surface area contributed by atoms with Crippen LogP contribution in [0.15, 0.2) is 0 Å². The zero-order valence-corrected chi connectivity index (χ0v) is 6.91. The smallest absolute Gasteiger partial charge is 0.0909 e. The van der Waals surface area contributed by atoms with Crippen molar-refractivity contribution in [3.8, 4) is 0 Å². The molecule has 1 aliphatic rings. The number of nitrogens with zero attached hydrogens (tertiary/aromatic N) is 1. The summed E-state index contributed by atoms with van der Waals surface area (Å²) in [4.78, 5) is 0. The van der Waals surface area contributed by atoms with Crippen LogP contribution in [0.3, 0.4) is 0 Å². The Morgan fingerprint density at radius 1 is 1.11 bits per heavy atom. The highest BCUT2D eigenvalue weighted by Gasteiger charge is 2.17. The third kappa shape index (κ3) is 3.04. The first-order valence-corrected chi connectivity index (χ1v) is 3.23. The number of quaternary nitrogens is 1. The molecule has 0 aromatic rings. The van der Waals surface area contributed by atoms with Crippen LogP contribution in [0.25, 0.3) is 0 Å². The first kappa shape index (κ1) is 9.21. The van der Waals surface area contributed by atoms with E-state index in [0.29, 0.717) is 0 Å². The van der Waals surface area contributed by atoms with Crippen LogP contribution in [-0.2, 0) is 0 Å². The molecule has 0 aromatic heterocycles. The summed E-state index contributed by atoms with van der Waals surface area (Å²) in [6.07, 6.45) is 0. The minimum Gasteiger partial charge on any atom is -1.00 e. The van der Waals surface area contributed by atoms with Gasteiger partial charge in [0, 0.05) is 13.1 Å². The Bertz CT molecular complexity index is 75.1. The van der Waals surface area contributed by atoms with Gasteiger partial charge in [-0.25, -0.2) is 0 Å². The van der Waals surface area contributed by atoms with Crippen LogP contribution in [0.5, 0.6) is 0 Å². The fraction of sp³-hybridized carbons (Fsp3) is 1.00. The Kier molecular flexibility index (Phi) is 3.48. The monoisotopic (exact) mass is 150 g/mol. The molecule has 0 unspecified atom stereocenters. The molecule has 0 saturated carbocycles. The summed E-state index contributed by atoms with van der Waals surface area (Å²) in [5.74, 6) is 0.